The lowest BCUT2D eigenvalue weighted by molar-refractivity contribution is -0.122. The first-order valence-corrected chi connectivity index (χ1v) is 10.1. The second-order valence-electron chi connectivity index (χ2n) is 7.33. The van der Waals surface area contributed by atoms with Crippen LogP contribution in [0, 0.1) is 0 Å². The standard InChI is InChI=1S/C23H29N3O2/c1-3-9-21(18-10-5-4-6-11-18)25-23(28)17(2)24-19-12-7-13-20(16-19)26-15-8-14-22(26)27/h4-7,10-13,16-17,21,24H,3,8-9,14-15H2,1-2H3,(H,25,28). The van der Waals surface area contributed by atoms with Gasteiger partial charge in [0.1, 0.15) is 6.04 Å². The highest BCUT2D eigenvalue weighted by atomic mass is 16.2. The van der Waals surface area contributed by atoms with Crippen LogP contribution in [0.2, 0.25) is 0 Å². The summed E-state index contributed by atoms with van der Waals surface area (Å²) in [6, 6.07) is 17.4. The van der Waals surface area contributed by atoms with Crippen LogP contribution < -0.4 is 15.5 Å². The summed E-state index contributed by atoms with van der Waals surface area (Å²) in [5.41, 5.74) is 2.85. The summed E-state index contributed by atoms with van der Waals surface area (Å²) in [7, 11) is 0. The first-order valence-electron chi connectivity index (χ1n) is 10.1. The molecule has 0 saturated carbocycles. The maximum Gasteiger partial charge on any atom is 0.242 e. The first-order chi connectivity index (χ1) is 13.6. The lowest BCUT2D eigenvalue weighted by Gasteiger charge is -2.23. The number of amides is 2. The van der Waals surface area contributed by atoms with E-state index in [4.69, 9.17) is 0 Å². The Balaban J connectivity index is 1.64. The summed E-state index contributed by atoms with van der Waals surface area (Å²) in [6.07, 6.45) is 3.39. The van der Waals surface area contributed by atoms with E-state index in [1.54, 1.807) is 0 Å². The Morgan fingerprint density at radius 1 is 1.14 bits per heavy atom. The van der Waals surface area contributed by atoms with Gasteiger partial charge in [0, 0.05) is 24.3 Å². The molecule has 2 aromatic rings. The minimum Gasteiger partial charge on any atom is -0.374 e. The summed E-state index contributed by atoms with van der Waals surface area (Å²) < 4.78 is 0. The molecule has 2 amide bonds. The lowest BCUT2D eigenvalue weighted by atomic mass is 10.0. The highest BCUT2D eigenvalue weighted by Crippen LogP contribution is 2.25. The minimum absolute atomic E-state index is 0.0107. The molecule has 1 aliphatic rings. The van der Waals surface area contributed by atoms with Gasteiger partial charge >= 0.3 is 0 Å². The third-order valence-electron chi connectivity index (χ3n) is 5.10. The number of anilines is 2. The molecule has 0 aliphatic carbocycles. The monoisotopic (exact) mass is 379 g/mol. The van der Waals surface area contributed by atoms with E-state index in [1.165, 1.54) is 0 Å². The lowest BCUT2D eigenvalue weighted by Crippen LogP contribution is -2.39. The van der Waals surface area contributed by atoms with Crippen molar-refractivity contribution in [2.75, 3.05) is 16.8 Å². The van der Waals surface area contributed by atoms with Crippen LogP contribution in [0.5, 0.6) is 0 Å². The molecule has 5 nitrogen and oxygen atoms in total. The number of rotatable bonds is 8. The fourth-order valence-corrected chi connectivity index (χ4v) is 3.59. The maximum atomic E-state index is 12.8. The number of hydrogen-bond donors (Lipinski definition) is 2. The Morgan fingerprint density at radius 3 is 2.61 bits per heavy atom. The van der Waals surface area contributed by atoms with E-state index in [-0.39, 0.29) is 23.9 Å². The largest absolute Gasteiger partial charge is 0.374 e. The van der Waals surface area contributed by atoms with Gasteiger partial charge in [0.15, 0.2) is 0 Å². The molecule has 148 valence electrons. The van der Waals surface area contributed by atoms with Gasteiger partial charge in [-0.3, -0.25) is 9.59 Å². The van der Waals surface area contributed by atoms with E-state index in [0.717, 1.165) is 42.7 Å². The summed E-state index contributed by atoms with van der Waals surface area (Å²) in [5.74, 6) is 0.123. The zero-order valence-electron chi connectivity index (χ0n) is 16.7. The van der Waals surface area contributed by atoms with Gasteiger partial charge in [0.2, 0.25) is 11.8 Å². The number of nitrogens with one attached hydrogen (secondary N) is 2. The molecule has 1 fully saturated rings. The van der Waals surface area contributed by atoms with Crippen LogP contribution in [0.3, 0.4) is 0 Å². The molecule has 1 heterocycles. The van der Waals surface area contributed by atoms with Crippen LogP contribution in [0.4, 0.5) is 11.4 Å². The van der Waals surface area contributed by atoms with Crippen LogP contribution in [-0.2, 0) is 9.59 Å². The van der Waals surface area contributed by atoms with Gasteiger partial charge in [-0.05, 0) is 43.5 Å². The Hall–Kier alpha value is -2.82. The number of nitrogens with zero attached hydrogens (tertiary/aromatic N) is 1. The van der Waals surface area contributed by atoms with Crippen LogP contribution >= 0.6 is 0 Å². The van der Waals surface area contributed by atoms with Crippen LogP contribution in [0.1, 0.15) is 51.1 Å². The summed E-state index contributed by atoms with van der Waals surface area (Å²) >= 11 is 0. The van der Waals surface area contributed by atoms with E-state index >= 15 is 0 Å². The molecule has 2 aromatic carbocycles. The number of carbonyl (C=O) groups excluding carboxylic acids is 2. The van der Waals surface area contributed by atoms with Crippen molar-refractivity contribution in [2.24, 2.45) is 0 Å². The topological polar surface area (TPSA) is 61.4 Å². The van der Waals surface area contributed by atoms with E-state index in [2.05, 4.69) is 29.7 Å². The molecule has 2 N–H and O–H groups in total. The van der Waals surface area contributed by atoms with Crippen LogP contribution in [0.25, 0.3) is 0 Å². The van der Waals surface area contributed by atoms with E-state index in [0.29, 0.717) is 6.42 Å². The van der Waals surface area contributed by atoms with E-state index in [9.17, 15) is 9.59 Å². The molecule has 5 heteroatoms. The predicted molar refractivity (Wildman–Crippen MR) is 113 cm³/mol. The molecular formula is C23H29N3O2. The van der Waals surface area contributed by atoms with Crippen LogP contribution in [-0.4, -0.2) is 24.4 Å². The summed E-state index contributed by atoms with van der Waals surface area (Å²) in [6.45, 7) is 4.74. The Labute approximate surface area is 167 Å². The molecule has 0 spiro atoms. The third-order valence-corrected chi connectivity index (χ3v) is 5.10. The molecule has 2 unspecified atom stereocenters. The van der Waals surface area contributed by atoms with Crippen molar-refractivity contribution in [3.63, 3.8) is 0 Å². The van der Waals surface area contributed by atoms with Crippen molar-refractivity contribution in [3.05, 3.63) is 60.2 Å². The Kier molecular flexibility index (Phi) is 6.69. The van der Waals surface area contributed by atoms with Crippen LogP contribution in [0.15, 0.2) is 54.6 Å². The van der Waals surface area contributed by atoms with Gasteiger partial charge < -0.3 is 15.5 Å². The van der Waals surface area contributed by atoms with Gasteiger partial charge in [-0.15, -0.1) is 0 Å². The van der Waals surface area contributed by atoms with Crippen molar-refractivity contribution < 1.29 is 9.59 Å². The Bertz CT molecular complexity index is 807. The highest BCUT2D eigenvalue weighted by molar-refractivity contribution is 5.95. The van der Waals surface area contributed by atoms with Gasteiger partial charge in [-0.2, -0.15) is 0 Å². The van der Waals surface area contributed by atoms with E-state index in [1.807, 2.05) is 54.3 Å². The normalized spacial score (nSPS) is 15.9. The van der Waals surface area contributed by atoms with Crippen molar-refractivity contribution in [1.82, 2.24) is 5.32 Å². The Morgan fingerprint density at radius 2 is 1.93 bits per heavy atom. The molecule has 2 atom stereocenters. The van der Waals surface area contributed by atoms with Crippen molar-refractivity contribution >= 4 is 23.2 Å². The third kappa shape index (κ3) is 4.91. The first kappa shape index (κ1) is 19.9. The van der Waals surface area contributed by atoms with E-state index < -0.39 is 0 Å². The number of benzene rings is 2. The molecule has 0 bridgehead atoms. The fraction of sp³-hybridized carbons (Fsp3) is 0.391. The SMILES string of the molecule is CCCC(NC(=O)C(C)Nc1cccc(N2CCCC2=O)c1)c1ccccc1. The molecular weight excluding hydrogens is 350 g/mol. The smallest absolute Gasteiger partial charge is 0.242 e. The second kappa shape index (κ2) is 9.40. The fourth-order valence-electron chi connectivity index (χ4n) is 3.59. The number of hydrogen-bond acceptors (Lipinski definition) is 3. The maximum absolute atomic E-state index is 12.8. The van der Waals surface area contributed by atoms with Crippen molar-refractivity contribution in [1.29, 1.82) is 0 Å². The van der Waals surface area contributed by atoms with Crippen molar-refractivity contribution in [3.8, 4) is 0 Å². The highest BCUT2D eigenvalue weighted by Gasteiger charge is 2.22. The quantitative estimate of drug-likeness (QED) is 0.720. The average molecular weight is 380 g/mol. The predicted octanol–water partition coefficient (Wildman–Crippen LogP) is 4.27. The molecule has 28 heavy (non-hydrogen) atoms. The average Bonchev–Trinajstić information content (AvgIpc) is 3.14. The molecule has 1 aliphatic heterocycles. The molecule has 0 aromatic heterocycles. The number of carbonyl (C=O) groups is 2. The summed E-state index contributed by atoms with van der Waals surface area (Å²) in [5, 5.41) is 6.43. The molecule has 1 saturated heterocycles. The molecule has 3 rings (SSSR count). The zero-order chi connectivity index (χ0) is 19.9. The molecule has 0 radical (unpaired) electrons. The zero-order valence-corrected chi connectivity index (χ0v) is 16.7. The minimum atomic E-state index is -0.382. The van der Waals surface area contributed by atoms with Gasteiger partial charge in [0.05, 0.1) is 6.04 Å². The van der Waals surface area contributed by atoms with Gasteiger partial charge in [0.25, 0.3) is 0 Å². The summed E-state index contributed by atoms with van der Waals surface area (Å²) in [4.78, 5) is 26.5. The van der Waals surface area contributed by atoms with Gasteiger partial charge in [-0.25, -0.2) is 0 Å². The van der Waals surface area contributed by atoms with Crippen molar-refractivity contribution in [2.45, 2.75) is 51.6 Å². The van der Waals surface area contributed by atoms with Gasteiger partial charge in [-0.1, -0.05) is 49.7 Å². The second-order valence-corrected chi connectivity index (χ2v) is 7.33.